The van der Waals surface area contributed by atoms with Gasteiger partial charge in [0.05, 0.1) is 123 Å². The van der Waals surface area contributed by atoms with Gasteiger partial charge in [0.15, 0.2) is 39.7 Å². The molecule has 0 spiro atoms. The average Bonchev–Trinajstić information content (AvgIpc) is 1.56. The maximum Gasteiger partial charge on any atom is 0.573 e. The first kappa shape index (κ1) is 114. The highest BCUT2D eigenvalue weighted by molar-refractivity contribution is 6.36. The van der Waals surface area contributed by atoms with Crippen LogP contribution in [0.25, 0.3) is 111 Å². The molecule has 5 aromatic carbocycles. The number of fused-ring (bicyclic) bond motifs is 5. The fraction of sp³-hybridized carbons (Fsp3) is 0.400. The van der Waals surface area contributed by atoms with E-state index in [-0.39, 0.29) is 79.7 Å². The molecule has 0 aliphatic heterocycles. The summed E-state index contributed by atoms with van der Waals surface area (Å²) in [6.07, 6.45) is -14.7. The Labute approximate surface area is 860 Å². The summed E-state index contributed by atoms with van der Waals surface area (Å²) in [6.45, 7) is 21.1. The average molecular weight is 2170 g/mol. The Hall–Kier alpha value is -12.1. The molecule has 15 rings (SSSR count). The molecular formula is C100H104Cl6F15N15O10. The molecule has 0 saturated carbocycles. The van der Waals surface area contributed by atoms with Gasteiger partial charge in [0.25, 0.3) is 0 Å². The summed E-state index contributed by atoms with van der Waals surface area (Å²) in [5.41, 5.74) is 12.1. The lowest BCUT2D eigenvalue weighted by atomic mass is 9.97. The lowest BCUT2D eigenvalue weighted by Gasteiger charge is -2.15. The summed E-state index contributed by atoms with van der Waals surface area (Å²) < 4.78 is 243. The van der Waals surface area contributed by atoms with Crippen LogP contribution >= 0.6 is 69.6 Å². The predicted molar refractivity (Wildman–Crippen MR) is 533 cm³/mol. The summed E-state index contributed by atoms with van der Waals surface area (Å²) in [4.78, 5) is 23.3. The van der Waals surface area contributed by atoms with E-state index in [4.69, 9.17) is 93.3 Å². The molecule has 10 aromatic heterocycles. The molecule has 0 saturated heterocycles. The van der Waals surface area contributed by atoms with Gasteiger partial charge in [0.2, 0.25) is 0 Å². The number of halogens is 21. The molecule has 0 aliphatic rings. The quantitative estimate of drug-likeness (QED) is 0.0380. The van der Waals surface area contributed by atoms with E-state index in [2.05, 4.69) is 143 Å². The maximum atomic E-state index is 12.6. The number of ether oxygens (including phenoxy) is 10. The second-order valence-electron chi connectivity index (χ2n) is 33.2. The minimum Gasteiger partial charge on any atom is -0.496 e. The van der Waals surface area contributed by atoms with Crippen molar-refractivity contribution in [3.8, 4) is 114 Å². The zero-order valence-corrected chi connectivity index (χ0v) is 87.2. The van der Waals surface area contributed by atoms with E-state index in [0.29, 0.717) is 105 Å². The highest BCUT2D eigenvalue weighted by Gasteiger charge is 2.39. The third kappa shape index (κ3) is 26.7. The molecule has 15 aromatic rings. The standard InChI is InChI=1S/2C20H20Cl2F3N3O2.2C20H21ClF3N3O2.C20H22F3N3O2/c2*1-5-10(6-2)17-12-8-14(22)18(26-19(12)28(3)27-17)11-7-13(21)16(9-15(11)29-4)30-20(23,24)25;2*1-5-11(6-2)17-14-10-15(21)18(25-19(14)27(3)26-17)13-8-7-12(9-16(13)28-4)29-20(22,23)24;1-5-12(6-2)18-15-9-10-16(24-19(15)26(3)25-18)14-8-7-13(11-17(14)27-4)28-20(21,22)23/h2*7-10H,5-6H2,1-4H3;2*7-11H,5-6H2,1-4H3;7-12H,5-6H2,1-4H3. The van der Waals surface area contributed by atoms with Crippen molar-refractivity contribution >= 4 is 125 Å². The molecule has 0 atom stereocenters. The van der Waals surface area contributed by atoms with E-state index in [1.807, 2.05) is 19.2 Å². The molecule has 10 heterocycles. The summed E-state index contributed by atoms with van der Waals surface area (Å²) >= 11 is 38.2. The van der Waals surface area contributed by atoms with Crippen LogP contribution in [-0.4, -0.2) is 141 Å². The molecule has 146 heavy (non-hydrogen) atoms. The van der Waals surface area contributed by atoms with E-state index >= 15 is 0 Å². The van der Waals surface area contributed by atoms with Crippen LogP contribution in [-0.2, 0) is 35.2 Å². The number of pyridine rings is 5. The van der Waals surface area contributed by atoms with Crippen LogP contribution in [0.3, 0.4) is 0 Å². The van der Waals surface area contributed by atoms with Gasteiger partial charge in [0.1, 0.15) is 46.0 Å². The Balaban J connectivity index is 0.000000174. The van der Waals surface area contributed by atoms with Crippen molar-refractivity contribution in [3.05, 3.63) is 174 Å². The van der Waals surface area contributed by atoms with Crippen LogP contribution < -0.4 is 47.4 Å². The monoisotopic (exact) mass is 2170 g/mol. The second-order valence-corrected chi connectivity index (χ2v) is 35.7. The molecule has 25 nitrogen and oxygen atoms in total. The zero-order chi connectivity index (χ0) is 108. The summed E-state index contributed by atoms with van der Waals surface area (Å²) in [7, 11) is 15.8. The minimum atomic E-state index is -4.88. The fourth-order valence-electron chi connectivity index (χ4n) is 17.0. The van der Waals surface area contributed by atoms with Crippen LogP contribution in [0.4, 0.5) is 65.9 Å². The van der Waals surface area contributed by atoms with E-state index in [9.17, 15) is 65.9 Å². The van der Waals surface area contributed by atoms with Crippen LogP contribution in [0.15, 0.2) is 115 Å². The van der Waals surface area contributed by atoms with Gasteiger partial charge in [-0.05, 0) is 149 Å². The van der Waals surface area contributed by atoms with E-state index in [0.717, 1.165) is 150 Å². The number of hydrogen-bond acceptors (Lipinski definition) is 20. The minimum absolute atomic E-state index is 0.0924. The van der Waals surface area contributed by atoms with Crippen LogP contribution in [0.5, 0.6) is 57.5 Å². The molecule has 0 radical (unpaired) electrons. The third-order valence-electron chi connectivity index (χ3n) is 24.2. The van der Waals surface area contributed by atoms with Gasteiger partial charge in [0, 0.05) is 150 Å². The van der Waals surface area contributed by atoms with Crippen molar-refractivity contribution in [1.82, 2.24) is 73.8 Å². The van der Waals surface area contributed by atoms with Crippen LogP contribution in [0, 0.1) is 0 Å². The van der Waals surface area contributed by atoms with Gasteiger partial charge in [-0.25, -0.2) is 24.9 Å². The van der Waals surface area contributed by atoms with Crippen LogP contribution in [0.2, 0.25) is 30.1 Å². The SMILES string of the molecule is CCC(CC)c1nn(C)c2nc(-c3cc(Cl)c(OC(F)(F)F)cc3OC)c(Cl)cc12.CCC(CC)c1nn(C)c2nc(-c3cc(Cl)c(OC(F)(F)F)cc3OC)c(Cl)cc12.CCC(CC)c1nn(C)c2nc(-c3ccc(OC(F)(F)F)cc3OC)c(Cl)cc12.CCC(CC)c1nn(C)c2nc(-c3ccc(OC(F)(F)F)cc3OC)c(Cl)cc12.CCC(CC)c1nn(C)c2nc(-c3ccc(OC(F)(F)F)cc3OC)ccc12. The first-order valence-electron chi connectivity index (χ1n) is 45.9. The first-order chi connectivity index (χ1) is 68.8. The second kappa shape index (κ2) is 47.8. The van der Waals surface area contributed by atoms with Gasteiger partial charge < -0.3 is 47.4 Å². The van der Waals surface area contributed by atoms with Gasteiger partial charge >= 0.3 is 31.8 Å². The number of aromatic nitrogens is 15. The highest BCUT2D eigenvalue weighted by atomic mass is 35.5. The Morgan fingerprint density at radius 3 is 0.699 bits per heavy atom. The molecular weight excluding hydrogens is 2070 g/mol. The number of methoxy groups -OCH3 is 5. The Bertz CT molecular complexity index is 6800. The van der Waals surface area contributed by atoms with Crippen molar-refractivity contribution in [2.24, 2.45) is 35.2 Å². The number of alkyl halides is 15. The molecule has 0 aliphatic carbocycles. The lowest BCUT2D eigenvalue weighted by Crippen LogP contribution is -2.17. The third-order valence-corrected chi connectivity index (χ3v) is 26.0. The molecule has 0 unspecified atom stereocenters. The van der Waals surface area contributed by atoms with Gasteiger partial charge in [-0.1, -0.05) is 139 Å². The summed E-state index contributed by atoms with van der Waals surface area (Å²) in [6, 6.07) is 27.2. The van der Waals surface area contributed by atoms with Crippen molar-refractivity contribution in [2.75, 3.05) is 35.5 Å². The lowest BCUT2D eigenvalue weighted by molar-refractivity contribution is -0.275. The summed E-state index contributed by atoms with van der Waals surface area (Å²) in [5, 5.41) is 28.4. The smallest absolute Gasteiger partial charge is 0.496 e. The number of nitrogens with zero attached hydrogens (tertiary/aromatic N) is 15. The molecule has 0 bridgehead atoms. The number of aryl methyl sites for hydroxylation is 5. The van der Waals surface area contributed by atoms with Crippen molar-refractivity contribution in [3.63, 3.8) is 0 Å². The molecule has 46 heteroatoms. The normalized spacial score (nSPS) is 12.0. The molecule has 0 fully saturated rings. The Morgan fingerprint density at radius 1 is 0.240 bits per heavy atom. The maximum absolute atomic E-state index is 12.6. The number of benzene rings is 5. The van der Waals surface area contributed by atoms with Crippen LogP contribution in [0.1, 0.15) is 192 Å². The molecule has 0 N–H and O–H groups in total. The van der Waals surface area contributed by atoms with E-state index in [1.165, 1.54) is 90.1 Å². The first-order valence-corrected chi connectivity index (χ1v) is 48.1. The van der Waals surface area contributed by atoms with Gasteiger partial charge in [-0.15, -0.1) is 65.9 Å². The largest absolute Gasteiger partial charge is 0.573 e. The van der Waals surface area contributed by atoms with Gasteiger partial charge in [-0.3, -0.25) is 23.4 Å². The van der Waals surface area contributed by atoms with E-state index in [1.54, 1.807) is 75.9 Å². The molecule has 786 valence electrons. The highest BCUT2D eigenvalue weighted by Crippen LogP contribution is 2.50. The Kier molecular flexibility index (Phi) is 37.4. The number of hydrogen-bond donors (Lipinski definition) is 0. The van der Waals surface area contributed by atoms with Crippen molar-refractivity contribution in [1.29, 1.82) is 0 Å². The zero-order valence-electron chi connectivity index (χ0n) is 82.7. The number of rotatable bonds is 30. The van der Waals surface area contributed by atoms with E-state index < -0.39 is 43.3 Å². The Morgan fingerprint density at radius 2 is 0.459 bits per heavy atom. The summed E-state index contributed by atoms with van der Waals surface area (Å²) in [5.74, 6) is -0.0237. The predicted octanol–water partition coefficient (Wildman–Crippen LogP) is 31.2. The topological polar surface area (TPSA) is 246 Å². The van der Waals surface area contributed by atoms with Crippen molar-refractivity contribution in [2.45, 2.75) is 195 Å². The molecule has 0 amide bonds. The fourth-order valence-corrected chi connectivity index (χ4v) is 18.5. The van der Waals surface area contributed by atoms with Crippen molar-refractivity contribution < 1.29 is 113 Å². The van der Waals surface area contributed by atoms with Gasteiger partial charge in [-0.2, -0.15) is 25.5 Å².